The Hall–Kier alpha value is -1.22. The Balaban J connectivity index is 2.22. The lowest BCUT2D eigenvalue weighted by Gasteiger charge is -2.19. The second-order valence-corrected chi connectivity index (χ2v) is 5.87. The van der Waals surface area contributed by atoms with Crippen molar-refractivity contribution < 1.29 is 9.53 Å². The first kappa shape index (κ1) is 17.8. The summed E-state index contributed by atoms with van der Waals surface area (Å²) < 4.78 is 5.56. The lowest BCUT2D eigenvalue weighted by molar-refractivity contribution is -0.121. The minimum absolute atomic E-state index is 0.00152. The van der Waals surface area contributed by atoms with E-state index in [1.165, 1.54) is 0 Å². The molecule has 1 aromatic carbocycles. The van der Waals surface area contributed by atoms with E-state index in [9.17, 15) is 4.79 Å². The maximum absolute atomic E-state index is 11.8. The lowest BCUT2D eigenvalue weighted by Crippen LogP contribution is -2.33. The third-order valence-corrected chi connectivity index (χ3v) is 4.15. The molecule has 1 amide bonds. The zero-order valence-electron chi connectivity index (χ0n) is 13.2. The number of hydrogen-bond acceptors (Lipinski definition) is 2. The van der Waals surface area contributed by atoms with Gasteiger partial charge < -0.3 is 10.1 Å². The normalized spacial score (nSPS) is 12.2. The van der Waals surface area contributed by atoms with Crippen LogP contribution in [0.3, 0.4) is 0 Å². The molecule has 21 heavy (non-hydrogen) atoms. The highest BCUT2D eigenvalue weighted by Crippen LogP contribution is 2.17. The predicted octanol–water partition coefficient (Wildman–Crippen LogP) is 3.92. The van der Waals surface area contributed by atoms with Crippen LogP contribution in [-0.4, -0.2) is 24.4 Å². The molecule has 3 nitrogen and oxygen atoms in total. The largest absolute Gasteiger partial charge is 0.493 e. The van der Waals surface area contributed by atoms with Gasteiger partial charge in [-0.15, -0.1) is 11.6 Å². The fourth-order valence-electron chi connectivity index (χ4n) is 2.23. The van der Waals surface area contributed by atoms with Gasteiger partial charge in [-0.2, -0.15) is 0 Å². The van der Waals surface area contributed by atoms with Crippen LogP contribution in [-0.2, 0) is 4.79 Å². The number of amides is 1. The Kier molecular flexibility index (Phi) is 8.21. The van der Waals surface area contributed by atoms with Crippen LogP contribution in [0.1, 0.15) is 38.7 Å². The number of ether oxygens (including phenoxy) is 1. The van der Waals surface area contributed by atoms with Crippen LogP contribution in [0.4, 0.5) is 0 Å². The number of aryl methyl sites for hydroxylation is 1. The molecule has 118 valence electrons. The zero-order chi connectivity index (χ0) is 15.7. The monoisotopic (exact) mass is 311 g/mol. The summed E-state index contributed by atoms with van der Waals surface area (Å²) in [5, 5.41) is 2.88. The number of hydrogen-bond donors (Lipinski definition) is 1. The summed E-state index contributed by atoms with van der Waals surface area (Å²) in [6.07, 6.45) is 2.43. The highest BCUT2D eigenvalue weighted by molar-refractivity contribution is 6.21. The van der Waals surface area contributed by atoms with Crippen molar-refractivity contribution in [3.63, 3.8) is 0 Å². The van der Waals surface area contributed by atoms with Gasteiger partial charge in [0.1, 0.15) is 5.75 Å². The fourth-order valence-corrected chi connectivity index (χ4v) is 2.67. The summed E-state index contributed by atoms with van der Waals surface area (Å²) in [7, 11) is 0. The van der Waals surface area contributed by atoms with E-state index in [2.05, 4.69) is 19.2 Å². The number of carbonyl (C=O) groups excluding carboxylic acids is 1. The van der Waals surface area contributed by atoms with Crippen molar-refractivity contribution >= 4 is 17.5 Å². The van der Waals surface area contributed by atoms with Gasteiger partial charge in [0.05, 0.1) is 18.4 Å². The first-order valence-electron chi connectivity index (χ1n) is 7.67. The molecular weight excluding hydrogens is 286 g/mol. The van der Waals surface area contributed by atoms with Crippen LogP contribution in [0.25, 0.3) is 0 Å². The molecule has 1 aromatic rings. The Labute approximate surface area is 133 Å². The molecule has 0 aliphatic rings. The van der Waals surface area contributed by atoms with Gasteiger partial charge in [-0.3, -0.25) is 4.79 Å². The average molecular weight is 312 g/mol. The van der Waals surface area contributed by atoms with E-state index < -0.39 is 0 Å². The molecule has 0 saturated heterocycles. The van der Waals surface area contributed by atoms with Gasteiger partial charge in [0, 0.05) is 6.54 Å². The van der Waals surface area contributed by atoms with E-state index in [0.29, 0.717) is 25.5 Å². The summed E-state index contributed by atoms with van der Waals surface area (Å²) in [4.78, 5) is 11.8. The van der Waals surface area contributed by atoms with Gasteiger partial charge in [-0.25, -0.2) is 0 Å². The molecule has 0 aliphatic heterocycles. The van der Waals surface area contributed by atoms with Gasteiger partial charge >= 0.3 is 0 Å². The molecular formula is C17H26ClNO2. The molecule has 0 fully saturated rings. The van der Waals surface area contributed by atoms with Crippen LogP contribution in [0.5, 0.6) is 5.75 Å². The van der Waals surface area contributed by atoms with Gasteiger partial charge in [0.2, 0.25) is 5.91 Å². The number of rotatable bonds is 9. The molecule has 0 spiro atoms. The second kappa shape index (κ2) is 9.67. The number of nitrogens with one attached hydrogen (secondary N) is 1. The van der Waals surface area contributed by atoms with Crippen molar-refractivity contribution in [3.8, 4) is 5.75 Å². The number of alkyl halides is 1. The maximum Gasteiger partial charge on any atom is 0.223 e. The maximum atomic E-state index is 11.8. The SMILES string of the molecule is CCC(CC)C(Cl)CNC(=O)CCOc1cccc(C)c1. The predicted molar refractivity (Wildman–Crippen MR) is 88.0 cm³/mol. The third kappa shape index (κ3) is 6.85. The highest BCUT2D eigenvalue weighted by Gasteiger charge is 2.16. The Morgan fingerprint density at radius 2 is 2.05 bits per heavy atom. The van der Waals surface area contributed by atoms with E-state index in [1.54, 1.807) is 0 Å². The molecule has 1 rings (SSSR count). The van der Waals surface area contributed by atoms with Crippen molar-refractivity contribution in [3.05, 3.63) is 29.8 Å². The molecule has 1 atom stereocenters. The van der Waals surface area contributed by atoms with Gasteiger partial charge in [-0.05, 0) is 30.5 Å². The summed E-state index contributed by atoms with van der Waals surface area (Å²) >= 11 is 6.29. The topological polar surface area (TPSA) is 38.3 Å². The summed E-state index contributed by atoms with van der Waals surface area (Å²) in [5.74, 6) is 1.24. The van der Waals surface area contributed by atoms with Gasteiger partial charge in [0.25, 0.3) is 0 Å². The second-order valence-electron chi connectivity index (χ2n) is 5.31. The molecule has 0 radical (unpaired) electrons. The van der Waals surface area contributed by atoms with Crippen LogP contribution >= 0.6 is 11.6 Å². The summed E-state index contributed by atoms with van der Waals surface area (Å²) in [6, 6.07) is 7.81. The smallest absolute Gasteiger partial charge is 0.223 e. The van der Waals surface area contributed by atoms with E-state index in [0.717, 1.165) is 24.2 Å². The third-order valence-electron chi connectivity index (χ3n) is 3.64. The van der Waals surface area contributed by atoms with Gasteiger partial charge in [-0.1, -0.05) is 38.8 Å². The van der Waals surface area contributed by atoms with Crippen LogP contribution in [0.15, 0.2) is 24.3 Å². The molecule has 0 aromatic heterocycles. The first-order chi connectivity index (χ1) is 10.1. The zero-order valence-corrected chi connectivity index (χ0v) is 14.0. The van der Waals surface area contributed by atoms with E-state index >= 15 is 0 Å². The quantitative estimate of drug-likeness (QED) is 0.702. The minimum Gasteiger partial charge on any atom is -0.493 e. The lowest BCUT2D eigenvalue weighted by atomic mass is 9.99. The molecule has 1 unspecified atom stereocenters. The van der Waals surface area contributed by atoms with Crippen molar-refractivity contribution in [1.29, 1.82) is 0 Å². The number of carbonyl (C=O) groups is 1. The van der Waals surface area contributed by atoms with Crippen molar-refractivity contribution in [1.82, 2.24) is 5.32 Å². The number of halogens is 1. The fraction of sp³-hybridized carbons (Fsp3) is 0.588. The Morgan fingerprint density at radius 3 is 2.67 bits per heavy atom. The molecule has 0 heterocycles. The average Bonchev–Trinajstić information content (AvgIpc) is 2.46. The molecule has 4 heteroatoms. The standard InChI is InChI=1S/C17H26ClNO2/c1-4-14(5-2)16(18)12-19-17(20)9-10-21-15-8-6-7-13(3)11-15/h6-8,11,14,16H,4-5,9-10,12H2,1-3H3,(H,19,20). The van der Waals surface area contributed by atoms with Crippen LogP contribution in [0.2, 0.25) is 0 Å². The van der Waals surface area contributed by atoms with Crippen molar-refractivity contribution in [2.24, 2.45) is 5.92 Å². The summed E-state index contributed by atoms with van der Waals surface area (Å²) in [5.41, 5.74) is 1.15. The highest BCUT2D eigenvalue weighted by atomic mass is 35.5. The Bertz CT molecular complexity index is 433. The minimum atomic E-state index is -0.0146. The molecule has 0 saturated carbocycles. The number of benzene rings is 1. The first-order valence-corrected chi connectivity index (χ1v) is 8.10. The molecule has 0 aliphatic carbocycles. The van der Waals surface area contributed by atoms with E-state index in [4.69, 9.17) is 16.3 Å². The van der Waals surface area contributed by atoms with Crippen molar-refractivity contribution in [2.45, 2.75) is 45.4 Å². The Morgan fingerprint density at radius 1 is 1.33 bits per heavy atom. The molecule has 1 N–H and O–H groups in total. The van der Waals surface area contributed by atoms with Crippen LogP contribution < -0.4 is 10.1 Å². The molecule has 0 bridgehead atoms. The van der Waals surface area contributed by atoms with Crippen molar-refractivity contribution in [2.75, 3.05) is 13.2 Å². The van der Waals surface area contributed by atoms with Crippen LogP contribution in [0, 0.1) is 12.8 Å². The van der Waals surface area contributed by atoms with Gasteiger partial charge in [0.15, 0.2) is 0 Å². The van der Waals surface area contributed by atoms with E-state index in [1.807, 2.05) is 31.2 Å². The van der Waals surface area contributed by atoms with E-state index in [-0.39, 0.29) is 11.3 Å². The summed E-state index contributed by atoms with van der Waals surface area (Å²) in [6.45, 7) is 7.17.